The van der Waals surface area contributed by atoms with Crippen molar-refractivity contribution in [1.82, 2.24) is 0 Å². The van der Waals surface area contributed by atoms with Crippen molar-refractivity contribution in [2.75, 3.05) is 6.61 Å². The van der Waals surface area contributed by atoms with Crippen molar-refractivity contribution < 1.29 is 9.53 Å². The fourth-order valence-corrected chi connectivity index (χ4v) is 6.21. The summed E-state index contributed by atoms with van der Waals surface area (Å²) in [4.78, 5) is 11.4. The average Bonchev–Trinajstić information content (AvgIpc) is 2.87. The molecule has 6 atom stereocenters. The van der Waals surface area contributed by atoms with Crippen molar-refractivity contribution >= 4 is 5.97 Å². The molecule has 1 saturated heterocycles. The molecular formula is C21H34O2. The van der Waals surface area contributed by atoms with Crippen LogP contribution >= 0.6 is 0 Å². The summed E-state index contributed by atoms with van der Waals surface area (Å²) in [6.07, 6.45) is 10.5. The van der Waals surface area contributed by atoms with Gasteiger partial charge in [-0.15, -0.1) is 0 Å². The zero-order chi connectivity index (χ0) is 16.6. The Bertz CT molecular complexity index is 468. The zero-order valence-corrected chi connectivity index (χ0v) is 15.3. The number of esters is 1. The zero-order valence-electron chi connectivity index (χ0n) is 15.3. The fraction of sp³-hybridized carbons (Fsp3) is 0.857. The van der Waals surface area contributed by atoms with Crippen LogP contribution in [0, 0.1) is 35.0 Å². The third-order valence-corrected chi connectivity index (χ3v) is 7.54. The molecule has 2 nitrogen and oxygen atoms in total. The van der Waals surface area contributed by atoms with Gasteiger partial charge in [0.05, 0.1) is 6.61 Å². The van der Waals surface area contributed by atoms with Crippen LogP contribution < -0.4 is 0 Å². The van der Waals surface area contributed by atoms with E-state index < -0.39 is 0 Å². The molecule has 0 aromatic heterocycles. The van der Waals surface area contributed by atoms with E-state index in [1.165, 1.54) is 44.9 Å². The van der Waals surface area contributed by atoms with Gasteiger partial charge in [0, 0.05) is 5.57 Å². The highest BCUT2D eigenvalue weighted by Gasteiger charge is 2.51. The summed E-state index contributed by atoms with van der Waals surface area (Å²) in [5.41, 5.74) is 1.25. The van der Waals surface area contributed by atoms with Gasteiger partial charge >= 0.3 is 5.97 Å². The van der Waals surface area contributed by atoms with Gasteiger partial charge in [-0.3, -0.25) is 0 Å². The van der Waals surface area contributed by atoms with E-state index in [9.17, 15) is 4.79 Å². The first-order valence-electron chi connectivity index (χ1n) is 9.76. The summed E-state index contributed by atoms with van der Waals surface area (Å²) in [7, 11) is 0. The molecule has 0 N–H and O–H groups in total. The van der Waals surface area contributed by atoms with Gasteiger partial charge in [-0.2, -0.15) is 0 Å². The number of rotatable bonds is 4. The fourth-order valence-electron chi connectivity index (χ4n) is 6.21. The van der Waals surface area contributed by atoms with E-state index in [4.69, 9.17) is 4.74 Å². The lowest BCUT2D eigenvalue weighted by atomic mass is 9.59. The van der Waals surface area contributed by atoms with Crippen LogP contribution in [0.2, 0.25) is 0 Å². The largest absolute Gasteiger partial charge is 0.462 e. The lowest BCUT2D eigenvalue weighted by Gasteiger charge is -2.46. The van der Waals surface area contributed by atoms with Crippen LogP contribution in [0.3, 0.4) is 0 Å². The molecule has 23 heavy (non-hydrogen) atoms. The Morgan fingerprint density at radius 1 is 1.35 bits per heavy atom. The molecule has 130 valence electrons. The topological polar surface area (TPSA) is 26.3 Å². The van der Waals surface area contributed by atoms with E-state index in [0.717, 1.165) is 30.1 Å². The van der Waals surface area contributed by atoms with Crippen molar-refractivity contribution in [1.29, 1.82) is 0 Å². The summed E-state index contributed by atoms with van der Waals surface area (Å²) < 4.78 is 5.24. The highest BCUT2D eigenvalue weighted by molar-refractivity contribution is 5.88. The summed E-state index contributed by atoms with van der Waals surface area (Å²) in [6.45, 7) is 12.0. The Hall–Kier alpha value is -0.790. The maximum Gasteiger partial charge on any atom is 0.333 e. The molecule has 3 rings (SSSR count). The van der Waals surface area contributed by atoms with E-state index in [2.05, 4.69) is 27.4 Å². The number of hydrogen-bond acceptors (Lipinski definition) is 2. The van der Waals surface area contributed by atoms with Gasteiger partial charge in [-0.25, -0.2) is 4.79 Å². The second kappa shape index (κ2) is 6.61. The van der Waals surface area contributed by atoms with Gasteiger partial charge in [0.1, 0.15) is 0 Å². The number of hydrogen-bond donors (Lipinski definition) is 0. The summed E-state index contributed by atoms with van der Waals surface area (Å²) >= 11 is 0. The molecular weight excluding hydrogens is 284 g/mol. The van der Waals surface area contributed by atoms with Gasteiger partial charge in [0.25, 0.3) is 0 Å². The average molecular weight is 319 g/mol. The highest BCUT2D eigenvalue weighted by atomic mass is 16.5. The molecule has 1 aliphatic heterocycles. The number of carbonyl (C=O) groups excluding carboxylic acids is 1. The second-order valence-electron chi connectivity index (χ2n) is 8.99. The minimum absolute atomic E-state index is 0.184. The van der Waals surface area contributed by atoms with Crippen LogP contribution in [0.15, 0.2) is 12.2 Å². The smallest absolute Gasteiger partial charge is 0.333 e. The van der Waals surface area contributed by atoms with Crippen molar-refractivity contribution in [2.24, 2.45) is 35.0 Å². The van der Waals surface area contributed by atoms with Gasteiger partial charge in [-0.05, 0) is 67.1 Å². The molecule has 3 unspecified atom stereocenters. The van der Waals surface area contributed by atoms with Gasteiger partial charge in [-0.1, -0.05) is 46.6 Å². The molecule has 0 aromatic carbocycles. The van der Waals surface area contributed by atoms with Crippen molar-refractivity contribution in [3.63, 3.8) is 0 Å². The first-order valence-corrected chi connectivity index (χ1v) is 9.76. The minimum atomic E-state index is -0.184. The third-order valence-electron chi connectivity index (χ3n) is 7.54. The first kappa shape index (κ1) is 17.0. The van der Waals surface area contributed by atoms with Gasteiger partial charge < -0.3 is 4.74 Å². The molecule has 1 heterocycles. The summed E-state index contributed by atoms with van der Waals surface area (Å²) in [6, 6.07) is 0. The summed E-state index contributed by atoms with van der Waals surface area (Å²) in [5.74, 6) is 3.88. The number of ether oxygens (including phenoxy) is 1. The van der Waals surface area contributed by atoms with E-state index in [0.29, 0.717) is 23.5 Å². The van der Waals surface area contributed by atoms with Gasteiger partial charge in [0.15, 0.2) is 0 Å². The maximum absolute atomic E-state index is 11.4. The van der Waals surface area contributed by atoms with Crippen LogP contribution in [0.4, 0.5) is 0 Å². The molecule has 2 saturated carbocycles. The molecule has 0 amide bonds. The van der Waals surface area contributed by atoms with Crippen molar-refractivity contribution in [3.8, 4) is 0 Å². The molecule has 2 aliphatic carbocycles. The van der Waals surface area contributed by atoms with E-state index in [-0.39, 0.29) is 5.97 Å². The number of fused-ring (bicyclic) bond motifs is 1. The quantitative estimate of drug-likeness (QED) is 0.514. The standard InChI is InChI=1S/C21H34O2/c1-14-6-5-11-21(4)18(14)9-10-19(21)15(2)7-8-17-12-16(3)20(22)23-13-17/h14-15,17-19H,3,5-13H2,1-2,4H3/t14-,15?,17?,18?,19+,21-/m0/s1. The number of carbonyl (C=O) groups is 1. The van der Waals surface area contributed by atoms with Crippen LogP contribution in [0.25, 0.3) is 0 Å². The van der Waals surface area contributed by atoms with Crippen LogP contribution in [0.1, 0.15) is 72.1 Å². The Balaban J connectivity index is 1.55. The molecule has 3 fully saturated rings. The molecule has 2 heteroatoms. The SMILES string of the molecule is C=C1CC(CCC(C)[C@H]2CCC3[C@@H](C)CCC[C@@]32C)COC1=O. The predicted octanol–water partition coefficient (Wildman–Crippen LogP) is 5.37. The lowest BCUT2D eigenvalue weighted by Crippen LogP contribution is -2.38. The predicted molar refractivity (Wildman–Crippen MR) is 93.9 cm³/mol. The van der Waals surface area contributed by atoms with Crippen LogP contribution in [-0.4, -0.2) is 12.6 Å². The van der Waals surface area contributed by atoms with E-state index >= 15 is 0 Å². The number of cyclic esters (lactones) is 1. The summed E-state index contributed by atoms with van der Waals surface area (Å²) in [5, 5.41) is 0. The molecule has 0 radical (unpaired) electrons. The first-order chi connectivity index (χ1) is 10.9. The Labute approximate surface area is 142 Å². The molecule has 0 aromatic rings. The van der Waals surface area contributed by atoms with E-state index in [1.54, 1.807) is 0 Å². The monoisotopic (exact) mass is 318 g/mol. The van der Waals surface area contributed by atoms with Crippen molar-refractivity contribution in [3.05, 3.63) is 12.2 Å². The minimum Gasteiger partial charge on any atom is -0.462 e. The van der Waals surface area contributed by atoms with Gasteiger partial charge in [0.2, 0.25) is 0 Å². The highest BCUT2D eigenvalue weighted by Crippen LogP contribution is 2.59. The Kier molecular flexibility index (Phi) is 4.90. The third kappa shape index (κ3) is 3.23. The van der Waals surface area contributed by atoms with Crippen molar-refractivity contribution in [2.45, 2.75) is 72.1 Å². The lowest BCUT2D eigenvalue weighted by molar-refractivity contribution is -0.143. The van der Waals surface area contributed by atoms with Crippen LogP contribution in [-0.2, 0) is 9.53 Å². The Morgan fingerprint density at radius 2 is 2.13 bits per heavy atom. The second-order valence-corrected chi connectivity index (χ2v) is 8.99. The molecule has 0 bridgehead atoms. The van der Waals surface area contributed by atoms with Crippen LogP contribution in [0.5, 0.6) is 0 Å². The normalized spacial score (nSPS) is 42.2. The van der Waals surface area contributed by atoms with E-state index in [1.807, 2.05) is 0 Å². The maximum atomic E-state index is 11.4. The Morgan fingerprint density at radius 3 is 2.87 bits per heavy atom. The molecule has 0 spiro atoms. The molecule has 3 aliphatic rings.